The van der Waals surface area contributed by atoms with E-state index in [1.165, 1.54) is 12.8 Å². The van der Waals surface area contributed by atoms with Crippen molar-refractivity contribution in [1.29, 1.82) is 0 Å². The Labute approximate surface area is 157 Å². The lowest BCUT2D eigenvalue weighted by molar-refractivity contribution is -0.117. The van der Waals surface area contributed by atoms with Crippen molar-refractivity contribution in [2.75, 3.05) is 18.4 Å². The number of anilines is 1. The van der Waals surface area contributed by atoms with Gasteiger partial charge in [-0.1, -0.05) is 19.1 Å². The Morgan fingerprint density at radius 1 is 1.35 bits per heavy atom. The number of carbonyl (C=O) groups is 1. The van der Waals surface area contributed by atoms with Gasteiger partial charge in [0.25, 0.3) is 0 Å². The van der Waals surface area contributed by atoms with Crippen LogP contribution in [0.1, 0.15) is 52.5 Å². The molecule has 1 aliphatic heterocycles. The Balaban J connectivity index is 1.96. The number of piperidine rings is 1. The first-order valence-corrected chi connectivity index (χ1v) is 11.1. The van der Waals surface area contributed by atoms with Gasteiger partial charge in [-0.2, -0.15) is 0 Å². The molecule has 1 saturated heterocycles. The highest BCUT2D eigenvalue weighted by atomic mass is 32.2. The zero-order chi connectivity index (χ0) is 19.4. The first-order chi connectivity index (χ1) is 12.1. The summed E-state index contributed by atoms with van der Waals surface area (Å²) in [6.45, 7) is 9.29. The number of benzene rings is 1. The monoisotopic (exact) mass is 380 g/mol. The predicted octanol–water partition coefficient (Wildman–Crippen LogP) is 3.36. The van der Waals surface area contributed by atoms with Crippen molar-refractivity contribution in [2.45, 2.75) is 57.5 Å². The molecule has 2 N–H and O–H groups in total. The van der Waals surface area contributed by atoms with E-state index >= 15 is 0 Å². The van der Waals surface area contributed by atoms with Gasteiger partial charge in [-0.05, 0) is 76.2 Å². The van der Waals surface area contributed by atoms with E-state index in [0.717, 1.165) is 13.1 Å². The largest absolute Gasteiger partial charge is 0.326 e. The van der Waals surface area contributed by atoms with Gasteiger partial charge in [0.15, 0.2) is 9.84 Å². The highest BCUT2D eigenvalue weighted by molar-refractivity contribution is 7.91. The van der Waals surface area contributed by atoms with Gasteiger partial charge in [-0.25, -0.2) is 8.42 Å². The minimum Gasteiger partial charge on any atom is -0.326 e. The maximum absolute atomic E-state index is 12.4. The molecular weight excluding hydrogens is 348 g/mol. The van der Waals surface area contributed by atoms with Crippen LogP contribution < -0.4 is 10.6 Å². The maximum Gasteiger partial charge on any atom is 0.224 e. The van der Waals surface area contributed by atoms with Crippen molar-refractivity contribution in [3.63, 3.8) is 0 Å². The van der Waals surface area contributed by atoms with Gasteiger partial charge in [0, 0.05) is 12.1 Å². The van der Waals surface area contributed by atoms with Crippen LogP contribution in [0.15, 0.2) is 24.3 Å². The minimum atomic E-state index is -3.25. The average Bonchev–Trinajstić information content (AvgIpc) is 2.54. The SMILES string of the molecule is CC(CC(=O)Nc1cccc(CS(=O)(=O)C(C)(C)C)c1)C1CCCNC1. The van der Waals surface area contributed by atoms with E-state index in [1.54, 1.807) is 45.0 Å². The van der Waals surface area contributed by atoms with Crippen LogP contribution in [0.2, 0.25) is 0 Å². The molecule has 1 aromatic rings. The molecular formula is C20H32N2O3S. The van der Waals surface area contributed by atoms with Crippen LogP contribution in [0.5, 0.6) is 0 Å². The summed E-state index contributed by atoms with van der Waals surface area (Å²) in [6, 6.07) is 7.14. The Morgan fingerprint density at radius 2 is 2.08 bits per heavy atom. The second-order valence-corrected chi connectivity index (χ2v) is 11.2. The molecule has 0 bridgehead atoms. The van der Waals surface area contributed by atoms with Crippen LogP contribution in [0.3, 0.4) is 0 Å². The number of sulfone groups is 1. The van der Waals surface area contributed by atoms with E-state index in [0.29, 0.717) is 29.5 Å². The van der Waals surface area contributed by atoms with Gasteiger partial charge in [0.2, 0.25) is 5.91 Å². The molecule has 6 heteroatoms. The molecule has 26 heavy (non-hydrogen) atoms. The number of hydrogen-bond acceptors (Lipinski definition) is 4. The number of hydrogen-bond donors (Lipinski definition) is 2. The van der Waals surface area contributed by atoms with Crippen LogP contribution in [-0.4, -0.2) is 32.2 Å². The predicted molar refractivity (Wildman–Crippen MR) is 107 cm³/mol. The maximum atomic E-state index is 12.4. The number of rotatable bonds is 6. The van der Waals surface area contributed by atoms with Crippen molar-refractivity contribution in [3.8, 4) is 0 Å². The van der Waals surface area contributed by atoms with E-state index in [1.807, 2.05) is 0 Å². The molecule has 0 spiro atoms. The van der Waals surface area contributed by atoms with Gasteiger partial charge in [0.05, 0.1) is 10.5 Å². The third-order valence-electron chi connectivity index (χ3n) is 5.15. The van der Waals surface area contributed by atoms with Crippen LogP contribution >= 0.6 is 0 Å². The normalized spacial score (nSPS) is 19.8. The first kappa shape index (κ1) is 20.9. The smallest absolute Gasteiger partial charge is 0.224 e. The van der Waals surface area contributed by atoms with Gasteiger partial charge in [-0.3, -0.25) is 4.79 Å². The molecule has 2 unspecified atom stereocenters. The van der Waals surface area contributed by atoms with Gasteiger partial charge < -0.3 is 10.6 Å². The van der Waals surface area contributed by atoms with Crippen LogP contribution in [0.25, 0.3) is 0 Å². The summed E-state index contributed by atoms with van der Waals surface area (Å²) in [6.07, 6.45) is 2.82. The van der Waals surface area contributed by atoms with Crippen molar-refractivity contribution in [3.05, 3.63) is 29.8 Å². The lowest BCUT2D eigenvalue weighted by Crippen LogP contribution is -2.34. The summed E-state index contributed by atoms with van der Waals surface area (Å²) in [5.74, 6) is 0.827. The first-order valence-electron chi connectivity index (χ1n) is 9.40. The topological polar surface area (TPSA) is 75.3 Å². The molecule has 0 saturated carbocycles. The highest BCUT2D eigenvalue weighted by Gasteiger charge is 2.29. The molecule has 1 aromatic carbocycles. The number of carbonyl (C=O) groups excluding carboxylic acids is 1. The third kappa shape index (κ3) is 5.81. The molecule has 0 aliphatic carbocycles. The molecule has 1 fully saturated rings. The lowest BCUT2D eigenvalue weighted by atomic mass is 9.85. The lowest BCUT2D eigenvalue weighted by Gasteiger charge is -2.28. The number of amides is 1. The van der Waals surface area contributed by atoms with E-state index in [4.69, 9.17) is 0 Å². The van der Waals surface area contributed by atoms with E-state index < -0.39 is 14.6 Å². The summed E-state index contributed by atoms with van der Waals surface area (Å²) in [7, 11) is -3.25. The van der Waals surface area contributed by atoms with Gasteiger partial charge in [0.1, 0.15) is 0 Å². The fourth-order valence-corrected chi connectivity index (χ4v) is 4.26. The van der Waals surface area contributed by atoms with E-state index in [9.17, 15) is 13.2 Å². The van der Waals surface area contributed by atoms with Crippen LogP contribution in [0.4, 0.5) is 5.69 Å². The second kappa shape index (κ2) is 8.53. The number of nitrogens with one attached hydrogen (secondary N) is 2. The Bertz CT molecular complexity index is 717. The fraction of sp³-hybridized carbons (Fsp3) is 0.650. The van der Waals surface area contributed by atoms with Crippen molar-refractivity contribution < 1.29 is 13.2 Å². The quantitative estimate of drug-likeness (QED) is 0.793. The Kier molecular flexibility index (Phi) is 6.86. The second-order valence-electron chi connectivity index (χ2n) is 8.41. The molecule has 2 atom stereocenters. The zero-order valence-electron chi connectivity index (χ0n) is 16.3. The summed E-state index contributed by atoms with van der Waals surface area (Å²) in [5, 5.41) is 6.31. The van der Waals surface area contributed by atoms with Gasteiger partial charge >= 0.3 is 0 Å². The van der Waals surface area contributed by atoms with Crippen LogP contribution in [0, 0.1) is 11.8 Å². The summed E-state index contributed by atoms with van der Waals surface area (Å²) < 4.78 is 24.0. The Morgan fingerprint density at radius 3 is 2.69 bits per heavy atom. The summed E-state index contributed by atoms with van der Waals surface area (Å²) >= 11 is 0. The molecule has 1 heterocycles. The Hall–Kier alpha value is -1.40. The van der Waals surface area contributed by atoms with Gasteiger partial charge in [-0.15, -0.1) is 0 Å². The van der Waals surface area contributed by atoms with E-state index in [-0.39, 0.29) is 11.7 Å². The molecule has 1 aliphatic rings. The fourth-order valence-electron chi connectivity index (χ4n) is 3.21. The van der Waals surface area contributed by atoms with Crippen molar-refractivity contribution in [2.24, 2.45) is 11.8 Å². The summed E-state index contributed by atoms with van der Waals surface area (Å²) in [5.41, 5.74) is 1.35. The molecule has 5 nitrogen and oxygen atoms in total. The standard InChI is InChI=1S/C20H32N2O3S/c1-15(17-8-6-10-21-13-17)11-19(23)22-18-9-5-7-16(12-18)14-26(24,25)20(2,3)4/h5,7,9,12,15,17,21H,6,8,10-11,13-14H2,1-4H3,(H,22,23). The molecule has 2 rings (SSSR count). The van der Waals surface area contributed by atoms with Crippen LogP contribution in [-0.2, 0) is 20.4 Å². The molecule has 0 radical (unpaired) electrons. The minimum absolute atomic E-state index is 0.0149. The van der Waals surface area contributed by atoms with E-state index in [2.05, 4.69) is 17.6 Å². The zero-order valence-corrected chi connectivity index (χ0v) is 17.2. The van der Waals surface area contributed by atoms with Crippen molar-refractivity contribution in [1.82, 2.24) is 5.32 Å². The molecule has 0 aromatic heterocycles. The highest BCUT2D eigenvalue weighted by Crippen LogP contribution is 2.24. The van der Waals surface area contributed by atoms with Crippen molar-refractivity contribution >= 4 is 21.4 Å². The molecule has 146 valence electrons. The molecule has 1 amide bonds. The summed E-state index contributed by atoms with van der Waals surface area (Å²) in [4.78, 5) is 12.4. The average molecular weight is 381 g/mol. The third-order valence-corrected chi connectivity index (χ3v) is 7.73.